The number of aromatic nitrogens is 2. The van der Waals surface area contributed by atoms with E-state index in [9.17, 15) is 0 Å². The molecule has 2 rings (SSSR count). The van der Waals surface area contributed by atoms with Crippen LogP contribution in [0.25, 0.3) is 0 Å². The van der Waals surface area contributed by atoms with Gasteiger partial charge in [0.05, 0.1) is 0 Å². The summed E-state index contributed by atoms with van der Waals surface area (Å²) < 4.78 is 6.07. The second-order valence-electron chi connectivity index (χ2n) is 5.56. The van der Waals surface area contributed by atoms with Gasteiger partial charge in [0.15, 0.2) is 0 Å². The van der Waals surface area contributed by atoms with Gasteiger partial charge in [-0.3, -0.25) is 0 Å². The summed E-state index contributed by atoms with van der Waals surface area (Å²) >= 11 is 0. The Hall–Kier alpha value is -1.32. The monoisotopic (exact) mass is 277 g/mol. The van der Waals surface area contributed by atoms with Crippen molar-refractivity contribution in [1.29, 1.82) is 0 Å². The van der Waals surface area contributed by atoms with Crippen molar-refractivity contribution in [2.45, 2.75) is 71.3 Å². The lowest BCUT2D eigenvalue weighted by molar-refractivity contribution is 0.148. The highest BCUT2D eigenvalue weighted by Gasteiger charge is 2.16. The van der Waals surface area contributed by atoms with Gasteiger partial charge in [-0.2, -0.15) is 4.98 Å². The number of ether oxygens (including phenoxy) is 1. The number of anilines is 1. The SMILES string of the molecule is CCCNc1cc(OC2CCCCC2)nc(CCC)n1. The third-order valence-electron chi connectivity index (χ3n) is 3.62. The molecule has 1 aromatic rings. The number of rotatable bonds is 7. The minimum absolute atomic E-state index is 0.340. The highest BCUT2D eigenvalue weighted by atomic mass is 16.5. The molecule has 4 nitrogen and oxygen atoms in total. The molecule has 1 aliphatic rings. The molecule has 0 bridgehead atoms. The fourth-order valence-electron chi connectivity index (χ4n) is 2.57. The number of aryl methyl sites for hydroxylation is 1. The van der Waals surface area contributed by atoms with Crippen molar-refractivity contribution in [2.24, 2.45) is 0 Å². The van der Waals surface area contributed by atoms with Gasteiger partial charge in [-0.05, 0) is 38.5 Å². The molecule has 1 N–H and O–H groups in total. The molecule has 0 radical (unpaired) electrons. The van der Waals surface area contributed by atoms with E-state index in [0.717, 1.165) is 56.2 Å². The zero-order valence-electron chi connectivity index (χ0n) is 12.8. The molecular formula is C16H27N3O. The lowest BCUT2D eigenvalue weighted by atomic mass is 9.98. The number of hydrogen-bond acceptors (Lipinski definition) is 4. The number of hydrogen-bond donors (Lipinski definition) is 1. The van der Waals surface area contributed by atoms with Gasteiger partial charge in [-0.1, -0.05) is 20.3 Å². The summed E-state index contributed by atoms with van der Waals surface area (Å²) in [7, 11) is 0. The predicted octanol–water partition coefficient (Wildman–Crippen LogP) is 3.96. The highest BCUT2D eigenvalue weighted by Crippen LogP contribution is 2.23. The van der Waals surface area contributed by atoms with Crippen LogP contribution in [0, 0.1) is 0 Å². The van der Waals surface area contributed by atoms with Crippen molar-refractivity contribution < 1.29 is 4.74 Å². The minimum atomic E-state index is 0.340. The quantitative estimate of drug-likeness (QED) is 0.819. The summed E-state index contributed by atoms with van der Waals surface area (Å²) in [6.07, 6.45) is 9.60. The zero-order chi connectivity index (χ0) is 14.2. The molecule has 0 unspecified atom stereocenters. The van der Waals surface area contributed by atoms with Crippen LogP contribution in [0.1, 0.15) is 64.6 Å². The van der Waals surface area contributed by atoms with Crippen molar-refractivity contribution in [3.05, 3.63) is 11.9 Å². The van der Waals surface area contributed by atoms with Crippen molar-refractivity contribution in [3.8, 4) is 5.88 Å². The van der Waals surface area contributed by atoms with Crippen molar-refractivity contribution in [3.63, 3.8) is 0 Å². The highest BCUT2D eigenvalue weighted by molar-refractivity contribution is 5.38. The second kappa shape index (κ2) is 8.08. The van der Waals surface area contributed by atoms with Gasteiger partial charge in [-0.25, -0.2) is 4.98 Å². The molecular weight excluding hydrogens is 250 g/mol. The largest absolute Gasteiger partial charge is 0.474 e. The van der Waals surface area contributed by atoms with Crippen LogP contribution in [0.2, 0.25) is 0 Å². The topological polar surface area (TPSA) is 47.0 Å². The van der Waals surface area contributed by atoms with Gasteiger partial charge in [0.25, 0.3) is 0 Å². The molecule has 0 amide bonds. The molecule has 0 atom stereocenters. The van der Waals surface area contributed by atoms with Gasteiger partial charge < -0.3 is 10.1 Å². The second-order valence-corrected chi connectivity index (χ2v) is 5.56. The predicted molar refractivity (Wildman–Crippen MR) is 82.3 cm³/mol. The molecule has 1 aliphatic carbocycles. The van der Waals surface area contributed by atoms with Gasteiger partial charge >= 0.3 is 0 Å². The Morgan fingerprint density at radius 3 is 2.65 bits per heavy atom. The van der Waals surface area contributed by atoms with E-state index in [2.05, 4.69) is 29.1 Å². The maximum Gasteiger partial charge on any atom is 0.218 e. The Morgan fingerprint density at radius 1 is 1.15 bits per heavy atom. The van der Waals surface area contributed by atoms with E-state index in [0.29, 0.717) is 6.10 Å². The molecule has 1 heterocycles. The van der Waals surface area contributed by atoms with E-state index in [1.807, 2.05) is 6.07 Å². The Labute approximate surface area is 122 Å². The third-order valence-corrected chi connectivity index (χ3v) is 3.62. The van der Waals surface area contributed by atoms with Crippen molar-refractivity contribution in [1.82, 2.24) is 9.97 Å². The molecule has 20 heavy (non-hydrogen) atoms. The Balaban J connectivity index is 2.06. The van der Waals surface area contributed by atoms with E-state index >= 15 is 0 Å². The molecule has 0 aliphatic heterocycles. The molecule has 1 aromatic heterocycles. The lowest BCUT2D eigenvalue weighted by Gasteiger charge is -2.22. The van der Waals surface area contributed by atoms with Gasteiger partial charge in [0, 0.05) is 19.0 Å². The normalized spacial score (nSPS) is 16.1. The van der Waals surface area contributed by atoms with Crippen molar-refractivity contribution >= 4 is 5.82 Å². The summed E-state index contributed by atoms with van der Waals surface area (Å²) in [6, 6.07) is 1.95. The summed E-state index contributed by atoms with van der Waals surface area (Å²) in [4.78, 5) is 9.10. The first-order valence-corrected chi connectivity index (χ1v) is 8.10. The van der Waals surface area contributed by atoms with Crippen LogP contribution in [-0.4, -0.2) is 22.6 Å². The summed E-state index contributed by atoms with van der Waals surface area (Å²) in [5.74, 6) is 2.53. The van der Waals surface area contributed by atoms with Gasteiger partial charge in [0.1, 0.15) is 17.7 Å². The lowest BCUT2D eigenvalue weighted by Crippen LogP contribution is -2.20. The molecule has 0 spiro atoms. The van der Waals surface area contributed by atoms with E-state index in [4.69, 9.17) is 4.74 Å². The fraction of sp³-hybridized carbons (Fsp3) is 0.750. The Bertz CT molecular complexity index is 403. The third kappa shape index (κ3) is 4.66. The maximum absolute atomic E-state index is 6.07. The summed E-state index contributed by atoms with van der Waals surface area (Å²) in [5, 5.41) is 3.34. The minimum Gasteiger partial charge on any atom is -0.474 e. The van der Waals surface area contributed by atoms with Crippen LogP contribution in [0.5, 0.6) is 5.88 Å². The smallest absolute Gasteiger partial charge is 0.218 e. The number of nitrogens with one attached hydrogen (secondary N) is 1. The average molecular weight is 277 g/mol. The molecule has 1 fully saturated rings. The standard InChI is InChI=1S/C16H27N3O/c1-3-8-14-18-15(17-11-4-2)12-16(19-14)20-13-9-6-5-7-10-13/h12-13H,3-11H2,1-2H3,(H,17,18,19). The van der Waals surface area contributed by atoms with Crippen LogP contribution in [0.3, 0.4) is 0 Å². The molecule has 112 valence electrons. The van der Waals surface area contributed by atoms with E-state index in [-0.39, 0.29) is 0 Å². The Kier molecular flexibility index (Phi) is 6.09. The van der Waals surface area contributed by atoms with E-state index < -0.39 is 0 Å². The van der Waals surface area contributed by atoms with Crippen molar-refractivity contribution in [2.75, 3.05) is 11.9 Å². The van der Waals surface area contributed by atoms with Crippen LogP contribution in [-0.2, 0) is 6.42 Å². The zero-order valence-corrected chi connectivity index (χ0v) is 12.8. The van der Waals surface area contributed by atoms with Crippen LogP contribution in [0.4, 0.5) is 5.82 Å². The van der Waals surface area contributed by atoms with Crippen LogP contribution < -0.4 is 10.1 Å². The summed E-state index contributed by atoms with van der Waals surface area (Å²) in [5.41, 5.74) is 0. The van der Waals surface area contributed by atoms with Gasteiger partial charge in [-0.15, -0.1) is 0 Å². The molecule has 1 saturated carbocycles. The average Bonchev–Trinajstić information content (AvgIpc) is 2.46. The maximum atomic E-state index is 6.07. The molecule has 0 aromatic carbocycles. The van der Waals surface area contributed by atoms with Crippen LogP contribution in [0.15, 0.2) is 6.07 Å². The first kappa shape index (κ1) is 15.1. The van der Waals surface area contributed by atoms with Crippen LogP contribution >= 0.6 is 0 Å². The fourth-order valence-corrected chi connectivity index (χ4v) is 2.57. The van der Waals surface area contributed by atoms with Gasteiger partial charge in [0.2, 0.25) is 5.88 Å². The molecule has 4 heteroatoms. The van der Waals surface area contributed by atoms with E-state index in [1.54, 1.807) is 0 Å². The Morgan fingerprint density at radius 2 is 1.95 bits per heavy atom. The first-order valence-electron chi connectivity index (χ1n) is 8.10. The van der Waals surface area contributed by atoms with E-state index in [1.165, 1.54) is 19.3 Å². The first-order chi connectivity index (χ1) is 9.81. The molecule has 0 saturated heterocycles. The summed E-state index contributed by atoms with van der Waals surface area (Å²) in [6.45, 7) is 5.24. The number of nitrogens with zero attached hydrogens (tertiary/aromatic N) is 2.